The maximum atomic E-state index is 13.8. The molecule has 0 saturated carbocycles. The largest absolute Gasteiger partial charge is 0.325 e. The van der Waals surface area contributed by atoms with Gasteiger partial charge < -0.3 is 5.32 Å². The van der Waals surface area contributed by atoms with E-state index in [1.807, 2.05) is 0 Å². The summed E-state index contributed by atoms with van der Waals surface area (Å²) in [6, 6.07) is 12.9. The molecule has 0 aromatic heterocycles. The summed E-state index contributed by atoms with van der Waals surface area (Å²) in [4.78, 5) is 25.1. The number of carbonyl (C=O) groups excluding carboxylic acids is 2. The predicted molar refractivity (Wildman–Crippen MR) is 85.7 cm³/mol. The number of Topliss-reactive ketones (excluding diaryl/α,β-unsaturated/α-hetero) is 1. The van der Waals surface area contributed by atoms with Crippen molar-refractivity contribution in [3.63, 3.8) is 0 Å². The second-order valence-electron chi connectivity index (χ2n) is 5.40. The van der Waals surface area contributed by atoms with Crippen molar-refractivity contribution in [2.45, 2.75) is 12.8 Å². The number of amides is 1. The SMILES string of the molecule is O=C(Nc1ccccc1)C1(C(F)F)Cc2cc(Br)ccc2C1=O. The molecule has 0 saturated heterocycles. The third kappa shape index (κ3) is 2.57. The van der Waals surface area contributed by atoms with Crippen molar-refractivity contribution in [2.24, 2.45) is 5.41 Å². The third-order valence-corrected chi connectivity index (χ3v) is 4.49. The van der Waals surface area contributed by atoms with Gasteiger partial charge in [-0.2, -0.15) is 0 Å². The number of ketones is 1. The van der Waals surface area contributed by atoms with Gasteiger partial charge in [-0.05, 0) is 35.9 Å². The van der Waals surface area contributed by atoms with E-state index in [4.69, 9.17) is 0 Å². The van der Waals surface area contributed by atoms with Gasteiger partial charge in [-0.1, -0.05) is 34.1 Å². The molecule has 0 heterocycles. The highest BCUT2D eigenvalue weighted by molar-refractivity contribution is 9.10. The number of para-hydroxylation sites is 1. The van der Waals surface area contributed by atoms with Gasteiger partial charge in [0.2, 0.25) is 5.91 Å². The fourth-order valence-electron chi connectivity index (χ4n) is 2.77. The summed E-state index contributed by atoms with van der Waals surface area (Å²) >= 11 is 3.25. The molecule has 118 valence electrons. The first-order chi connectivity index (χ1) is 10.9. The fourth-order valence-corrected chi connectivity index (χ4v) is 3.18. The van der Waals surface area contributed by atoms with Crippen LogP contribution >= 0.6 is 15.9 Å². The zero-order chi connectivity index (χ0) is 16.6. The van der Waals surface area contributed by atoms with Crippen LogP contribution in [0.25, 0.3) is 0 Å². The summed E-state index contributed by atoms with van der Waals surface area (Å²) in [6.07, 6.45) is -3.40. The van der Waals surface area contributed by atoms with Crippen molar-refractivity contribution < 1.29 is 18.4 Å². The standard InChI is InChI=1S/C17H12BrF2NO2/c18-11-6-7-13-10(8-11)9-17(14(13)22,15(19)20)16(23)21-12-4-2-1-3-5-12/h1-8,15H,9H2,(H,21,23). The Hall–Kier alpha value is -2.08. The second-order valence-corrected chi connectivity index (χ2v) is 6.32. The smallest absolute Gasteiger partial charge is 0.260 e. The lowest BCUT2D eigenvalue weighted by atomic mass is 9.83. The van der Waals surface area contributed by atoms with Crippen LogP contribution in [0.2, 0.25) is 0 Å². The van der Waals surface area contributed by atoms with Gasteiger partial charge in [0.1, 0.15) is 0 Å². The molecule has 3 nitrogen and oxygen atoms in total. The number of hydrogen-bond acceptors (Lipinski definition) is 2. The van der Waals surface area contributed by atoms with E-state index in [9.17, 15) is 18.4 Å². The van der Waals surface area contributed by atoms with Crippen molar-refractivity contribution in [3.05, 3.63) is 64.1 Å². The van der Waals surface area contributed by atoms with Crippen molar-refractivity contribution in [1.82, 2.24) is 0 Å². The molecule has 1 atom stereocenters. The minimum atomic E-state index is -3.09. The number of rotatable bonds is 3. The normalized spacial score (nSPS) is 19.7. The minimum absolute atomic E-state index is 0.178. The molecule has 3 rings (SSSR count). The molecule has 6 heteroatoms. The Kier molecular flexibility index (Phi) is 4.02. The van der Waals surface area contributed by atoms with Crippen molar-refractivity contribution in [3.8, 4) is 0 Å². The van der Waals surface area contributed by atoms with Crippen LogP contribution in [0.5, 0.6) is 0 Å². The molecule has 0 fully saturated rings. The highest BCUT2D eigenvalue weighted by atomic mass is 79.9. The van der Waals surface area contributed by atoms with E-state index in [2.05, 4.69) is 21.2 Å². The Morgan fingerprint density at radius 3 is 2.52 bits per heavy atom. The van der Waals surface area contributed by atoms with Gasteiger partial charge in [-0.25, -0.2) is 8.78 Å². The third-order valence-electron chi connectivity index (χ3n) is 4.00. The van der Waals surface area contributed by atoms with Crippen LogP contribution in [0.4, 0.5) is 14.5 Å². The molecule has 0 spiro atoms. The number of hydrogen-bond donors (Lipinski definition) is 1. The molecule has 0 aliphatic heterocycles. The number of alkyl halides is 2. The van der Waals surface area contributed by atoms with E-state index in [0.29, 0.717) is 15.7 Å². The molecule has 2 aromatic carbocycles. The van der Waals surface area contributed by atoms with Crippen LogP contribution < -0.4 is 5.32 Å². The van der Waals surface area contributed by atoms with Gasteiger partial charge >= 0.3 is 0 Å². The summed E-state index contributed by atoms with van der Waals surface area (Å²) in [5.74, 6) is -1.81. The van der Waals surface area contributed by atoms with Crippen LogP contribution in [0.3, 0.4) is 0 Å². The Bertz CT molecular complexity index is 779. The lowest BCUT2D eigenvalue weighted by Gasteiger charge is -2.25. The molecule has 1 unspecified atom stereocenters. The van der Waals surface area contributed by atoms with E-state index >= 15 is 0 Å². The van der Waals surface area contributed by atoms with Gasteiger partial charge in [-0.15, -0.1) is 0 Å². The van der Waals surface area contributed by atoms with Crippen LogP contribution in [0.1, 0.15) is 15.9 Å². The number of nitrogens with one attached hydrogen (secondary N) is 1. The summed E-state index contributed by atoms with van der Waals surface area (Å²) in [6.45, 7) is 0. The van der Waals surface area contributed by atoms with E-state index in [-0.39, 0.29) is 12.0 Å². The molecule has 1 amide bonds. The Morgan fingerprint density at radius 2 is 1.87 bits per heavy atom. The van der Waals surface area contributed by atoms with E-state index < -0.39 is 23.5 Å². The Morgan fingerprint density at radius 1 is 1.17 bits per heavy atom. The lowest BCUT2D eigenvalue weighted by molar-refractivity contribution is -0.130. The monoisotopic (exact) mass is 379 g/mol. The molecule has 1 aliphatic rings. The average Bonchev–Trinajstić information content (AvgIpc) is 2.81. The first-order valence-electron chi connectivity index (χ1n) is 6.93. The van der Waals surface area contributed by atoms with Crippen LogP contribution in [-0.4, -0.2) is 18.1 Å². The number of fused-ring (bicyclic) bond motifs is 1. The van der Waals surface area contributed by atoms with Crippen LogP contribution in [0.15, 0.2) is 53.0 Å². The van der Waals surface area contributed by atoms with Crippen molar-refractivity contribution in [1.29, 1.82) is 0 Å². The van der Waals surface area contributed by atoms with E-state index in [0.717, 1.165) is 0 Å². The molecule has 23 heavy (non-hydrogen) atoms. The predicted octanol–water partition coefficient (Wildman–Crippen LogP) is 4.08. The number of carbonyl (C=O) groups is 2. The van der Waals surface area contributed by atoms with Gasteiger partial charge in [0, 0.05) is 22.1 Å². The molecule has 0 bridgehead atoms. The maximum absolute atomic E-state index is 13.8. The molecular weight excluding hydrogens is 368 g/mol. The van der Waals surface area contributed by atoms with Gasteiger partial charge in [-0.3, -0.25) is 9.59 Å². The number of halogens is 3. The zero-order valence-corrected chi connectivity index (χ0v) is 13.4. The van der Waals surface area contributed by atoms with Crippen LogP contribution in [0, 0.1) is 5.41 Å². The highest BCUT2D eigenvalue weighted by Gasteiger charge is 2.58. The molecule has 2 aromatic rings. The molecular formula is C17H12BrF2NO2. The first kappa shape index (κ1) is 15.8. The quantitative estimate of drug-likeness (QED) is 0.816. The summed E-state index contributed by atoms with van der Waals surface area (Å²) in [7, 11) is 0. The topological polar surface area (TPSA) is 46.2 Å². The first-order valence-corrected chi connectivity index (χ1v) is 7.72. The van der Waals surface area contributed by atoms with Crippen molar-refractivity contribution >= 4 is 33.3 Å². The fraction of sp³-hybridized carbons (Fsp3) is 0.176. The summed E-state index contributed by atoms with van der Waals surface area (Å²) in [5, 5.41) is 2.43. The zero-order valence-electron chi connectivity index (χ0n) is 11.9. The second kappa shape index (κ2) is 5.85. The number of anilines is 1. The summed E-state index contributed by atoms with van der Waals surface area (Å²) < 4.78 is 28.2. The average molecular weight is 380 g/mol. The molecule has 1 aliphatic carbocycles. The molecule has 0 radical (unpaired) electrons. The van der Waals surface area contributed by atoms with Gasteiger partial charge in [0.05, 0.1) is 0 Å². The maximum Gasteiger partial charge on any atom is 0.260 e. The molecule has 1 N–H and O–H groups in total. The lowest BCUT2D eigenvalue weighted by Crippen LogP contribution is -2.47. The van der Waals surface area contributed by atoms with Crippen molar-refractivity contribution in [2.75, 3.05) is 5.32 Å². The minimum Gasteiger partial charge on any atom is -0.325 e. The van der Waals surface area contributed by atoms with Gasteiger partial charge in [0.15, 0.2) is 11.2 Å². The number of benzene rings is 2. The Balaban J connectivity index is 1.99. The highest BCUT2D eigenvalue weighted by Crippen LogP contribution is 2.43. The Labute approximate surface area is 139 Å². The van der Waals surface area contributed by atoms with E-state index in [1.165, 1.54) is 6.07 Å². The van der Waals surface area contributed by atoms with Crippen LogP contribution in [-0.2, 0) is 11.2 Å². The van der Waals surface area contributed by atoms with Gasteiger partial charge in [0.25, 0.3) is 6.43 Å². The van der Waals surface area contributed by atoms with E-state index in [1.54, 1.807) is 42.5 Å². The summed E-state index contributed by atoms with van der Waals surface area (Å²) in [5.41, 5.74) is -1.37.